The SMILES string of the molecule is NS(=O)(=O)CC1CC(=O)N(c2ccc(C(=O)O)c(F)c2F)C1. The Morgan fingerprint density at radius 3 is 2.55 bits per heavy atom. The number of halogens is 2. The number of carbonyl (C=O) groups is 2. The molecule has 22 heavy (non-hydrogen) atoms. The summed E-state index contributed by atoms with van der Waals surface area (Å²) in [5.41, 5.74) is -1.28. The molecular weight excluding hydrogens is 322 g/mol. The second-order valence-corrected chi connectivity index (χ2v) is 6.63. The van der Waals surface area contributed by atoms with E-state index in [1.54, 1.807) is 0 Å². The van der Waals surface area contributed by atoms with Crippen LogP contribution in [0, 0.1) is 17.6 Å². The van der Waals surface area contributed by atoms with E-state index in [1.165, 1.54) is 0 Å². The van der Waals surface area contributed by atoms with Crippen LogP contribution in [0.3, 0.4) is 0 Å². The molecular formula is C12H12F2N2O5S. The van der Waals surface area contributed by atoms with Crippen molar-refractivity contribution < 1.29 is 31.9 Å². The van der Waals surface area contributed by atoms with Crippen molar-refractivity contribution in [3.05, 3.63) is 29.3 Å². The van der Waals surface area contributed by atoms with Crippen molar-refractivity contribution in [3.63, 3.8) is 0 Å². The molecule has 7 nitrogen and oxygen atoms in total. The molecule has 0 aliphatic carbocycles. The predicted molar refractivity (Wildman–Crippen MR) is 71.8 cm³/mol. The molecule has 0 radical (unpaired) electrons. The van der Waals surface area contributed by atoms with Gasteiger partial charge < -0.3 is 10.0 Å². The van der Waals surface area contributed by atoms with E-state index >= 15 is 0 Å². The van der Waals surface area contributed by atoms with Gasteiger partial charge in [-0.25, -0.2) is 27.1 Å². The zero-order valence-corrected chi connectivity index (χ0v) is 11.9. The van der Waals surface area contributed by atoms with Gasteiger partial charge in [0.1, 0.15) is 0 Å². The molecule has 1 aromatic carbocycles. The monoisotopic (exact) mass is 334 g/mol. The van der Waals surface area contributed by atoms with Crippen LogP contribution in [0.5, 0.6) is 0 Å². The summed E-state index contributed by atoms with van der Waals surface area (Å²) in [6.07, 6.45) is -0.168. The van der Waals surface area contributed by atoms with Gasteiger partial charge >= 0.3 is 5.97 Å². The molecule has 1 heterocycles. The van der Waals surface area contributed by atoms with E-state index in [1.807, 2.05) is 0 Å². The summed E-state index contributed by atoms with van der Waals surface area (Å²) >= 11 is 0. The molecule has 120 valence electrons. The number of nitrogens with zero attached hydrogens (tertiary/aromatic N) is 1. The number of benzene rings is 1. The minimum atomic E-state index is -3.80. The number of carboxylic acids is 1. The lowest BCUT2D eigenvalue weighted by molar-refractivity contribution is -0.117. The zero-order chi connectivity index (χ0) is 16.7. The molecule has 1 saturated heterocycles. The Bertz CT molecular complexity index is 750. The molecule has 1 unspecified atom stereocenters. The highest BCUT2D eigenvalue weighted by molar-refractivity contribution is 7.89. The summed E-state index contributed by atoms with van der Waals surface area (Å²) in [6, 6.07) is 1.81. The highest BCUT2D eigenvalue weighted by Crippen LogP contribution is 2.30. The minimum Gasteiger partial charge on any atom is -0.478 e. The summed E-state index contributed by atoms with van der Waals surface area (Å²) in [4.78, 5) is 23.4. The Hall–Kier alpha value is -2.07. The molecule has 1 aromatic rings. The van der Waals surface area contributed by atoms with Gasteiger partial charge in [-0.1, -0.05) is 0 Å². The molecule has 0 aromatic heterocycles. The van der Waals surface area contributed by atoms with Crippen LogP contribution < -0.4 is 10.0 Å². The number of amides is 1. The van der Waals surface area contributed by atoms with Gasteiger partial charge in [0.25, 0.3) is 0 Å². The Morgan fingerprint density at radius 2 is 2.00 bits per heavy atom. The molecule has 1 aliphatic rings. The number of hydrogen-bond donors (Lipinski definition) is 2. The van der Waals surface area contributed by atoms with Gasteiger partial charge in [-0.05, 0) is 12.1 Å². The summed E-state index contributed by atoms with van der Waals surface area (Å²) in [6.45, 7) is -0.141. The van der Waals surface area contributed by atoms with E-state index in [0.29, 0.717) is 0 Å². The fourth-order valence-corrected chi connectivity index (χ4v) is 3.25. The van der Waals surface area contributed by atoms with Crippen molar-refractivity contribution in [2.24, 2.45) is 11.1 Å². The van der Waals surface area contributed by atoms with Gasteiger partial charge in [-0.15, -0.1) is 0 Å². The molecule has 1 aliphatic heterocycles. The van der Waals surface area contributed by atoms with Crippen molar-refractivity contribution in [3.8, 4) is 0 Å². The number of carboxylic acid groups (broad SMARTS) is 1. The number of anilines is 1. The summed E-state index contributed by atoms with van der Waals surface area (Å²) < 4.78 is 49.6. The molecule has 0 bridgehead atoms. The molecule has 1 atom stereocenters. The van der Waals surface area contributed by atoms with Crippen LogP contribution in [0.4, 0.5) is 14.5 Å². The second-order valence-electron chi connectivity index (χ2n) is 4.97. The number of nitrogens with two attached hydrogens (primary N) is 1. The number of rotatable bonds is 4. The fourth-order valence-electron chi connectivity index (χ4n) is 2.37. The molecule has 1 fully saturated rings. The van der Waals surface area contributed by atoms with Crippen LogP contribution in [0.2, 0.25) is 0 Å². The van der Waals surface area contributed by atoms with E-state index in [2.05, 4.69) is 0 Å². The van der Waals surface area contributed by atoms with Gasteiger partial charge in [0.15, 0.2) is 11.6 Å². The Labute approximate surface area is 124 Å². The summed E-state index contributed by atoms with van der Waals surface area (Å²) in [5.74, 6) is -6.36. The van der Waals surface area contributed by atoms with E-state index < -0.39 is 56.5 Å². The lowest BCUT2D eigenvalue weighted by Gasteiger charge is -2.18. The highest BCUT2D eigenvalue weighted by atomic mass is 32.2. The normalized spacial score (nSPS) is 18.8. The third-order valence-electron chi connectivity index (χ3n) is 3.26. The van der Waals surface area contributed by atoms with Crippen molar-refractivity contribution >= 4 is 27.6 Å². The number of sulfonamides is 1. The average Bonchev–Trinajstić information content (AvgIpc) is 2.70. The highest BCUT2D eigenvalue weighted by Gasteiger charge is 2.35. The van der Waals surface area contributed by atoms with Crippen LogP contribution in [-0.4, -0.2) is 37.7 Å². The lowest BCUT2D eigenvalue weighted by atomic mass is 10.1. The lowest BCUT2D eigenvalue weighted by Crippen LogP contribution is -2.28. The maximum Gasteiger partial charge on any atom is 0.338 e. The fraction of sp³-hybridized carbons (Fsp3) is 0.333. The topological polar surface area (TPSA) is 118 Å². The number of aromatic carboxylic acids is 1. The van der Waals surface area contributed by atoms with Gasteiger partial charge in [0.2, 0.25) is 15.9 Å². The second kappa shape index (κ2) is 5.61. The van der Waals surface area contributed by atoms with Crippen LogP contribution >= 0.6 is 0 Å². The first-order chi connectivity index (χ1) is 10.1. The molecule has 2 rings (SSSR count). The van der Waals surface area contributed by atoms with Crippen molar-refractivity contribution in [2.45, 2.75) is 6.42 Å². The number of hydrogen-bond acceptors (Lipinski definition) is 4. The van der Waals surface area contributed by atoms with Gasteiger partial charge in [0, 0.05) is 18.9 Å². The Balaban J connectivity index is 2.31. The van der Waals surface area contributed by atoms with Gasteiger partial charge in [-0.2, -0.15) is 0 Å². The van der Waals surface area contributed by atoms with Crippen LogP contribution in [0.15, 0.2) is 12.1 Å². The smallest absolute Gasteiger partial charge is 0.338 e. The van der Waals surface area contributed by atoms with E-state index in [0.717, 1.165) is 17.0 Å². The predicted octanol–water partition coefficient (Wildman–Crippen LogP) is 0.304. The largest absolute Gasteiger partial charge is 0.478 e. The molecule has 3 N–H and O–H groups in total. The standard InChI is InChI=1S/C12H12F2N2O5S/c13-10-7(12(18)19)1-2-8(11(10)14)16-4-6(3-9(16)17)5-22(15,20)21/h1-2,6H,3-5H2,(H,18,19)(H2,15,20,21). The van der Waals surface area contributed by atoms with E-state index in [-0.39, 0.29) is 13.0 Å². The summed E-state index contributed by atoms with van der Waals surface area (Å²) in [7, 11) is -3.80. The van der Waals surface area contributed by atoms with Crippen LogP contribution in [-0.2, 0) is 14.8 Å². The van der Waals surface area contributed by atoms with Gasteiger partial charge in [-0.3, -0.25) is 4.79 Å². The zero-order valence-electron chi connectivity index (χ0n) is 11.1. The molecule has 1 amide bonds. The van der Waals surface area contributed by atoms with E-state index in [9.17, 15) is 26.8 Å². The van der Waals surface area contributed by atoms with E-state index in [4.69, 9.17) is 10.2 Å². The summed E-state index contributed by atoms with van der Waals surface area (Å²) in [5, 5.41) is 13.6. The van der Waals surface area contributed by atoms with Crippen LogP contribution in [0.1, 0.15) is 16.8 Å². The van der Waals surface area contributed by atoms with Gasteiger partial charge in [0.05, 0.1) is 17.0 Å². The first-order valence-electron chi connectivity index (χ1n) is 6.12. The Morgan fingerprint density at radius 1 is 1.36 bits per heavy atom. The maximum absolute atomic E-state index is 13.9. The Kier molecular flexibility index (Phi) is 4.16. The molecule has 10 heteroatoms. The van der Waals surface area contributed by atoms with Crippen LogP contribution in [0.25, 0.3) is 0 Å². The molecule has 0 spiro atoms. The minimum absolute atomic E-state index is 0.141. The third kappa shape index (κ3) is 3.22. The average molecular weight is 334 g/mol. The van der Waals surface area contributed by atoms with Crippen molar-refractivity contribution in [1.29, 1.82) is 0 Å². The number of carbonyl (C=O) groups excluding carboxylic acids is 1. The molecule has 0 saturated carbocycles. The number of primary sulfonamides is 1. The van der Waals surface area contributed by atoms with Crippen molar-refractivity contribution in [2.75, 3.05) is 17.2 Å². The maximum atomic E-state index is 13.9. The first-order valence-corrected chi connectivity index (χ1v) is 7.84. The quantitative estimate of drug-likeness (QED) is 0.821. The first kappa shape index (κ1) is 16.3. The third-order valence-corrected chi connectivity index (χ3v) is 4.19. The van der Waals surface area contributed by atoms with Crippen molar-refractivity contribution in [1.82, 2.24) is 0 Å².